The molecule has 17 heavy (non-hydrogen) atoms. The van der Waals surface area contributed by atoms with Crippen molar-refractivity contribution in [3.8, 4) is 11.4 Å². The maximum atomic E-state index is 5.97. The number of thiophene rings is 1. The van der Waals surface area contributed by atoms with Crippen LogP contribution in [0.25, 0.3) is 21.6 Å². The lowest BCUT2D eigenvalue weighted by Gasteiger charge is -2.01. The van der Waals surface area contributed by atoms with E-state index in [1.165, 1.54) is 4.88 Å². The van der Waals surface area contributed by atoms with Gasteiger partial charge in [0.1, 0.15) is 5.82 Å². The number of aromatic nitrogens is 2. The zero-order valence-electron chi connectivity index (χ0n) is 9.34. The molecule has 3 aromatic rings. The van der Waals surface area contributed by atoms with Gasteiger partial charge in [0, 0.05) is 10.4 Å². The Kier molecular flexibility index (Phi) is 2.30. The number of nitrogens with zero attached hydrogens (tertiary/aromatic N) is 2. The molecule has 0 amide bonds. The highest BCUT2D eigenvalue weighted by atomic mass is 32.1. The highest BCUT2D eigenvalue weighted by Crippen LogP contribution is 2.29. The van der Waals surface area contributed by atoms with Crippen LogP contribution in [0.2, 0.25) is 0 Å². The minimum atomic E-state index is 0.562. The molecular formula is C13H11N3S. The summed E-state index contributed by atoms with van der Waals surface area (Å²) < 4.78 is 0.974. The molecule has 1 aromatic carbocycles. The van der Waals surface area contributed by atoms with E-state index in [-0.39, 0.29) is 0 Å². The summed E-state index contributed by atoms with van der Waals surface area (Å²) in [6.45, 7) is 2.05. The molecule has 0 aliphatic heterocycles. The fourth-order valence-corrected chi connectivity index (χ4v) is 2.64. The lowest BCUT2D eigenvalue weighted by molar-refractivity contribution is 1.24. The Morgan fingerprint density at radius 3 is 2.65 bits per heavy atom. The van der Waals surface area contributed by atoms with Gasteiger partial charge in [0.15, 0.2) is 5.82 Å². The number of anilines is 1. The van der Waals surface area contributed by atoms with Crippen molar-refractivity contribution in [1.29, 1.82) is 0 Å². The Morgan fingerprint density at radius 2 is 1.88 bits per heavy atom. The Labute approximate surface area is 103 Å². The molecule has 3 nitrogen and oxygen atoms in total. The molecule has 0 atom stereocenters. The molecule has 0 saturated carbocycles. The predicted molar refractivity (Wildman–Crippen MR) is 72.0 cm³/mol. The minimum absolute atomic E-state index is 0.562. The summed E-state index contributed by atoms with van der Waals surface area (Å²) in [6.07, 6.45) is 0. The molecule has 84 valence electrons. The second-order valence-electron chi connectivity index (χ2n) is 3.87. The van der Waals surface area contributed by atoms with Crippen molar-refractivity contribution in [3.63, 3.8) is 0 Å². The fourth-order valence-electron chi connectivity index (χ4n) is 1.79. The van der Waals surface area contributed by atoms with Gasteiger partial charge in [0.05, 0.1) is 10.2 Å². The van der Waals surface area contributed by atoms with E-state index in [1.807, 2.05) is 43.3 Å². The Bertz CT molecular complexity index is 674. The molecule has 4 heteroatoms. The SMILES string of the molecule is Cc1cc2nc(-c3ccccc3)nc(N)c2s1. The van der Waals surface area contributed by atoms with E-state index in [0.29, 0.717) is 11.6 Å². The molecule has 3 rings (SSSR count). The zero-order valence-corrected chi connectivity index (χ0v) is 10.2. The molecule has 0 unspecified atom stereocenters. The van der Waals surface area contributed by atoms with Gasteiger partial charge < -0.3 is 5.73 Å². The highest BCUT2D eigenvalue weighted by Gasteiger charge is 2.09. The molecule has 2 aromatic heterocycles. The molecule has 0 aliphatic rings. The zero-order chi connectivity index (χ0) is 11.8. The van der Waals surface area contributed by atoms with E-state index in [9.17, 15) is 0 Å². The summed E-state index contributed by atoms with van der Waals surface area (Å²) in [5.41, 5.74) is 7.89. The van der Waals surface area contributed by atoms with E-state index in [0.717, 1.165) is 15.8 Å². The van der Waals surface area contributed by atoms with E-state index >= 15 is 0 Å². The molecule has 2 heterocycles. The van der Waals surface area contributed by atoms with Gasteiger partial charge in [-0.05, 0) is 13.0 Å². The van der Waals surface area contributed by atoms with Gasteiger partial charge >= 0.3 is 0 Å². The summed E-state index contributed by atoms with van der Waals surface area (Å²) in [7, 11) is 0. The average molecular weight is 241 g/mol. The first-order valence-corrected chi connectivity index (χ1v) is 6.15. The smallest absolute Gasteiger partial charge is 0.162 e. The third kappa shape index (κ3) is 1.76. The number of fused-ring (bicyclic) bond motifs is 1. The number of nitrogen functional groups attached to an aromatic ring is 1. The third-order valence-electron chi connectivity index (χ3n) is 2.55. The molecule has 0 saturated heterocycles. The second-order valence-corrected chi connectivity index (χ2v) is 5.13. The maximum Gasteiger partial charge on any atom is 0.162 e. The second kappa shape index (κ2) is 3.82. The quantitative estimate of drug-likeness (QED) is 0.711. The highest BCUT2D eigenvalue weighted by molar-refractivity contribution is 7.19. The molecule has 0 fully saturated rings. The monoisotopic (exact) mass is 241 g/mol. The number of aryl methyl sites for hydroxylation is 1. The summed E-state index contributed by atoms with van der Waals surface area (Å²) in [6, 6.07) is 11.9. The van der Waals surface area contributed by atoms with Gasteiger partial charge in [-0.2, -0.15) is 0 Å². The number of hydrogen-bond donors (Lipinski definition) is 1. The van der Waals surface area contributed by atoms with Crippen molar-refractivity contribution in [2.24, 2.45) is 0 Å². The van der Waals surface area contributed by atoms with Gasteiger partial charge in [-0.15, -0.1) is 11.3 Å². The Morgan fingerprint density at radius 1 is 1.12 bits per heavy atom. The molecule has 0 spiro atoms. The number of benzene rings is 1. The van der Waals surface area contributed by atoms with Crippen molar-refractivity contribution in [2.45, 2.75) is 6.92 Å². The van der Waals surface area contributed by atoms with Crippen molar-refractivity contribution in [3.05, 3.63) is 41.3 Å². The number of hydrogen-bond acceptors (Lipinski definition) is 4. The van der Waals surface area contributed by atoms with Crippen LogP contribution in [0.5, 0.6) is 0 Å². The van der Waals surface area contributed by atoms with Crippen molar-refractivity contribution in [1.82, 2.24) is 9.97 Å². The van der Waals surface area contributed by atoms with Crippen LogP contribution in [0.3, 0.4) is 0 Å². The molecule has 0 bridgehead atoms. The van der Waals surface area contributed by atoms with Crippen LogP contribution in [-0.2, 0) is 0 Å². The summed E-state index contributed by atoms with van der Waals surface area (Å²) >= 11 is 1.63. The molecule has 2 N–H and O–H groups in total. The van der Waals surface area contributed by atoms with Gasteiger partial charge in [-0.3, -0.25) is 0 Å². The largest absolute Gasteiger partial charge is 0.382 e. The summed E-state index contributed by atoms with van der Waals surface area (Å²) in [4.78, 5) is 10.1. The van der Waals surface area contributed by atoms with Crippen LogP contribution in [0.4, 0.5) is 5.82 Å². The predicted octanol–water partition coefficient (Wildman–Crippen LogP) is 3.25. The first kappa shape index (κ1) is 10.2. The van der Waals surface area contributed by atoms with Crippen molar-refractivity contribution in [2.75, 3.05) is 5.73 Å². The van der Waals surface area contributed by atoms with E-state index < -0.39 is 0 Å². The van der Waals surface area contributed by atoms with E-state index in [2.05, 4.69) is 9.97 Å². The standard InChI is InChI=1S/C13H11N3S/c1-8-7-10-11(17-8)12(14)16-13(15-10)9-5-3-2-4-6-9/h2-7H,1H3,(H2,14,15,16). The minimum Gasteiger partial charge on any atom is -0.382 e. The van der Waals surface area contributed by atoms with Gasteiger partial charge in [-0.25, -0.2) is 9.97 Å². The van der Waals surface area contributed by atoms with Crippen LogP contribution >= 0.6 is 11.3 Å². The molecule has 0 radical (unpaired) electrons. The molecule has 0 aliphatic carbocycles. The maximum absolute atomic E-state index is 5.97. The van der Waals surface area contributed by atoms with Gasteiger partial charge in [-0.1, -0.05) is 30.3 Å². The van der Waals surface area contributed by atoms with Crippen molar-refractivity contribution >= 4 is 27.4 Å². The lowest BCUT2D eigenvalue weighted by atomic mass is 10.2. The number of rotatable bonds is 1. The summed E-state index contributed by atoms with van der Waals surface area (Å²) in [5.74, 6) is 1.25. The Hall–Kier alpha value is -1.94. The number of nitrogens with two attached hydrogens (primary N) is 1. The summed E-state index contributed by atoms with van der Waals surface area (Å²) in [5, 5.41) is 0. The lowest BCUT2D eigenvalue weighted by Crippen LogP contribution is -1.95. The normalized spacial score (nSPS) is 10.9. The fraction of sp³-hybridized carbons (Fsp3) is 0.0769. The van der Waals surface area contributed by atoms with Crippen LogP contribution in [0.15, 0.2) is 36.4 Å². The Balaban J connectivity index is 2.25. The first-order chi connectivity index (χ1) is 8.24. The van der Waals surface area contributed by atoms with Crippen LogP contribution in [-0.4, -0.2) is 9.97 Å². The molecular weight excluding hydrogens is 230 g/mol. The topological polar surface area (TPSA) is 51.8 Å². The van der Waals surface area contributed by atoms with Crippen LogP contribution in [0.1, 0.15) is 4.88 Å². The van der Waals surface area contributed by atoms with Crippen LogP contribution in [0, 0.1) is 6.92 Å². The van der Waals surface area contributed by atoms with Crippen LogP contribution < -0.4 is 5.73 Å². The average Bonchev–Trinajstić information content (AvgIpc) is 2.71. The first-order valence-electron chi connectivity index (χ1n) is 5.33. The van der Waals surface area contributed by atoms with Gasteiger partial charge in [0.25, 0.3) is 0 Å². The van der Waals surface area contributed by atoms with E-state index in [1.54, 1.807) is 11.3 Å². The van der Waals surface area contributed by atoms with Gasteiger partial charge in [0.2, 0.25) is 0 Å². The van der Waals surface area contributed by atoms with E-state index in [4.69, 9.17) is 5.73 Å². The third-order valence-corrected chi connectivity index (χ3v) is 3.62. The van der Waals surface area contributed by atoms with Crippen molar-refractivity contribution < 1.29 is 0 Å².